The number of unbranched alkanes of at least 4 members (excludes halogenated alkanes) is 1. The van der Waals surface area contributed by atoms with Crippen LogP contribution >= 0.6 is 11.8 Å². The fourth-order valence-corrected chi connectivity index (χ4v) is 4.26. The van der Waals surface area contributed by atoms with Crippen LogP contribution in [0, 0.1) is 13.8 Å². The fraction of sp³-hybridized carbons (Fsp3) is 0.679. The number of aryl methyl sites for hydroxylation is 2. The summed E-state index contributed by atoms with van der Waals surface area (Å²) in [6.45, 7) is 17.7. The van der Waals surface area contributed by atoms with Crippen molar-refractivity contribution in [3.8, 4) is 0 Å². The first-order valence-corrected chi connectivity index (χ1v) is 14.2. The molecule has 0 heterocycles. The van der Waals surface area contributed by atoms with Gasteiger partial charge in [0.05, 0.1) is 0 Å². The van der Waals surface area contributed by atoms with E-state index in [2.05, 4.69) is 17.6 Å². The van der Waals surface area contributed by atoms with Gasteiger partial charge in [-0.3, -0.25) is 9.59 Å². The number of ether oxygens (including phenoxy) is 1. The van der Waals surface area contributed by atoms with Crippen LogP contribution in [0.5, 0.6) is 0 Å². The molecule has 0 saturated carbocycles. The molecule has 0 fully saturated rings. The van der Waals surface area contributed by atoms with Crippen LogP contribution in [0.1, 0.15) is 90.5 Å². The van der Waals surface area contributed by atoms with Crippen molar-refractivity contribution in [2.45, 2.75) is 105 Å². The number of carbonyl (C=O) groups is 3. The lowest BCUT2D eigenvalue weighted by Crippen LogP contribution is -2.58. The number of thioether (sulfide) groups is 1. The first kappa shape index (κ1) is 31.8. The molecular formula is C28H47N3O4S. The second kappa shape index (κ2) is 13.9. The largest absolute Gasteiger partial charge is 0.444 e. The first-order chi connectivity index (χ1) is 16.6. The van der Waals surface area contributed by atoms with Gasteiger partial charge >= 0.3 is 6.09 Å². The molecular weight excluding hydrogens is 474 g/mol. The van der Waals surface area contributed by atoms with Gasteiger partial charge < -0.3 is 20.3 Å². The standard InChI is InChI=1S/C28H47N3O4S/c1-11-12-16-29-24(32)23(21-14-13-19(2)20(3)18-21)31(27(4,5)6)25(33)22(15-17-36-10)30-26(34)35-28(7,8)9/h13-14,18,22-23H,11-12,15-17H2,1-10H3,(H,29,32)(H,30,34). The van der Waals surface area contributed by atoms with Gasteiger partial charge in [0, 0.05) is 12.1 Å². The number of benzene rings is 1. The molecule has 0 aliphatic carbocycles. The predicted molar refractivity (Wildman–Crippen MR) is 149 cm³/mol. The Morgan fingerprint density at radius 1 is 1.06 bits per heavy atom. The van der Waals surface area contributed by atoms with Crippen molar-refractivity contribution < 1.29 is 19.1 Å². The van der Waals surface area contributed by atoms with Gasteiger partial charge in [0.25, 0.3) is 0 Å². The molecule has 2 atom stereocenters. The number of nitrogens with one attached hydrogen (secondary N) is 2. The van der Waals surface area contributed by atoms with E-state index in [1.54, 1.807) is 37.4 Å². The van der Waals surface area contributed by atoms with Crippen molar-refractivity contribution >= 4 is 29.7 Å². The highest BCUT2D eigenvalue weighted by Gasteiger charge is 2.41. The number of hydrogen-bond donors (Lipinski definition) is 2. The second-order valence-corrected chi connectivity index (χ2v) is 12.2. The molecule has 8 heteroatoms. The van der Waals surface area contributed by atoms with Crippen LogP contribution < -0.4 is 10.6 Å². The summed E-state index contributed by atoms with van der Waals surface area (Å²) in [5, 5.41) is 5.81. The van der Waals surface area contributed by atoms with E-state index in [1.807, 2.05) is 59.1 Å². The van der Waals surface area contributed by atoms with Gasteiger partial charge in [0.15, 0.2) is 0 Å². The van der Waals surface area contributed by atoms with E-state index in [0.717, 1.165) is 29.5 Å². The lowest BCUT2D eigenvalue weighted by molar-refractivity contribution is -0.148. The Morgan fingerprint density at radius 3 is 2.19 bits per heavy atom. The molecule has 2 unspecified atom stereocenters. The molecule has 36 heavy (non-hydrogen) atoms. The van der Waals surface area contributed by atoms with E-state index >= 15 is 0 Å². The summed E-state index contributed by atoms with van der Waals surface area (Å²) in [5.41, 5.74) is 1.52. The Labute approximate surface area is 222 Å². The first-order valence-electron chi connectivity index (χ1n) is 12.8. The molecule has 1 rings (SSSR count). The third-order valence-corrected chi connectivity index (χ3v) is 6.39. The van der Waals surface area contributed by atoms with Crippen LogP contribution in [0.2, 0.25) is 0 Å². The summed E-state index contributed by atoms with van der Waals surface area (Å²) in [6, 6.07) is 4.20. The molecule has 0 spiro atoms. The van der Waals surface area contributed by atoms with Crippen LogP contribution in [0.25, 0.3) is 0 Å². The highest BCUT2D eigenvalue weighted by atomic mass is 32.2. The SMILES string of the molecule is CCCCNC(=O)C(c1ccc(C)c(C)c1)N(C(=O)C(CCSC)NC(=O)OC(C)(C)C)C(C)(C)C. The van der Waals surface area contributed by atoms with E-state index in [0.29, 0.717) is 18.7 Å². The summed E-state index contributed by atoms with van der Waals surface area (Å²) in [4.78, 5) is 42.1. The minimum absolute atomic E-state index is 0.226. The lowest BCUT2D eigenvalue weighted by atomic mass is 9.93. The van der Waals surface area contributed by atoms with Gasteiger partial charge in [-0.05, 0) is 96.9 Å². The number of hydrogen-bond acceptors (Lipinski definition) is 5. The average molecular weight is 522 g/mol. The molecule has 0 radical (unpaired) electrons. The van der Waals surface area contributed by atoms with Crippen molar-refractivity contribution in [2.24, 2.45) is 0 Å². The number of carbonyl (C=O) groups excluding carboxylic acids is 3. The van der Waals surface area contributed by atoms with Gasteiger partial charge in [0.1, 0.15) is 17.7 Å². The maximum absolute atomic E-state index is 14.2. The third-order valence-electron chi connectivity index (χ3n) is 5.74. The van der Waals surface area contributed by atoms with Gasteiger partial charge in [-0.2, -0.15) is 11.8 Å². The van der Waals surface area contributed by atoms with Gasteiger partial charge in [0.2, 0.25) is 11.8 Å². The average Bonchev–Trinajstić information content (AvgIpc) is 2.74. The number of nitrogens with zero attached hydrogens (tertiary/aromatic N) is 1. The Bertz CT molecular complexity index is 890. The van der Waals surface area contributed by atoms with Crippen LogP contribution in [-0.4, -0.2) is 58.5 Å². The topological polar surface area (TPSA) is 87.7 Å². The zero-order chi connectivity index (χ0) is 27.7. The molecule has 0 saturated heterocycles. The van der Waals surface area contributed by atoms with Crippen molar-refractivity contribution in [2.75, 3.05) is 18.6 Å². The summed E-state index contributed by atoms with van der Waals surface area (Å²) < 4.78 is 5.44. The van der Waals surface area contributed by atoms with E-state index in [1.165, 1.54) is 0 Å². The molecule has 2 N–H and O–H groups in total. The molecule has 0 aliphatic rings. The van der Waals surface area contributed by atoms with E-state index in [-0.39, 0.29) is 11.8 Å². The second-order valence-electron chi connectivity index (χ2n) is 11.3. The zero-order valence-electron chi connectivity index (χ0n) is 23.9. The van der Waals surface area contributed by atoms with Crippen LogP contribution in [0.4, 0.5) is 4.79 Å². The monoisotopic (exact) mass is 521 g/mol. The molecule has 7 nitrogen and oxygen atoms in total. The number of amides is 3. The summed E-state index contributed by atoms with van der Waals surface area (Å²) in [5.74, 6) is 0.133. The van der Waals surface area contributed by atoms with E-state index < -0.39 is 29.3 Å². The highest BCUT2D eigenvalue weighted by Crippen LogP contribution is 2.31. The van der Waals surface area contributed by atoms with Crippen LogP contribution in [0.3, 0.4) is 0 Å². The third kappa shape index (κ3) is 10.0. The smallest absolute Gasteiger partial charge is 0.408 e. The Balaban J connectivity index is 3.53. The Kier molecular flexibility index (Phi) is 12.3. The number of rotatable bonds is 11. The Morgan fingerprint density at radius 2 is 1.69 bits per heavy atom. The summed E-state index contributed by atoms with van der Waals surface area (Å²) in [7, 11) is 0. The minimum atomic E-state index is -0.842. The maximum Gasteiger partial charge on any atom is 0.408 e. The molecule has 1 aromatic rings. The normalized spacial score (nSPS) is 13.5. The molecule has 0 bridgehead atoms. The van der Waals surface area contributed by atoms with Crippen molar-refractivity contribution in [1.82, 2.24) is 15.5 Å². The maximum atomic E-state index is 14.2. The summed E-state index contributed by atoms with van der Waals surface area (Å²) >= 11 is 1.59. The minimum Gasteiger partial charge on any atom is -0.444 e. The van der Waals surface area contributed by atoms with E-state index in [4.69, 9.17) is 4.74 Å². The molecule has 204 valence electrons. The van der Waals surface area contributed by atoms with Gasteiger partial charge in [-0.15, -0.1) is 0 Å². The van der Waals surface area contributed by atoms with Crippen molar-refractivity contribution in [3.63, 3.8) is 0 Å². The highest BCUT2D eigenvalue weighted by molar-refractivity contribution is 7.98. The Hall–Kier alpha value is -2.22. The van der Waals surface area contributed by atoms with Gasteiger partial charge in [-0.25, -0.2) is 4.79 Å². The van der Waals surface area contributed by atoms with Crippen molar-refractivity contribution in [1.29, 1.82) is 0 Å². The fourth-order valence-electron chi connectivity index (χ4n) is 3.79. The lowest BCUT2D eigenvalue weighted by Gasteiger charge is -2.43. The molecule has 3 amide bonds. The van der Waals surface area contributed by atoms with E-state index in [9.17, 15) is 14.4 Å². The zero-order valence-corrected chi connectivity index (χ0v) is 24.7. The number of alkyl carbamates (subject to hydrolysis) is 1. The van der Waals surface area contributed by atoms with Crippen molar-refractivity contribution in [3.05, 3.63) is 34.9 Å². The molecule has 0 aromatic heterocycles. The predicted octanol–water partition coefficient (Wildman–Crippen LogP) is 5.53. The quantitative estimate of drug-likeness (QED) is 0.374. The summed E-state index contributed by atoms with van der Waals surface area (Å²) in [6.07, 6.45) is 3.53. The molecule has 1 aromatic carbocycles. The molecule has 0 aliphatic heterocycles. The van der Waals surface area contributed by atoms with Crippen LogP contribution in [0.15, 0.2) is 18.2 Å². The van der Waals surface area contributed by atoms with Gasteiger partial charge in [-0.1, -0.05) is 31.5 Å². The van der Waals surface area contributed by atoms with Crippen LogP contribution in [-0.2, 0) is 14.3 Å².